The molecule has 3 rings (SSSR count). The Labute approximate surface area is 177 Å². The highest BCUT2D eigenvalue weighted by Crippen LogP contribution is 2.11. The Kier molecular flexibility index (Phi) is 8.38. The molecule has 0 saturated heterocycles. The van der Waals surface area contributed by atoms with Gasteiger partial charge in [-0.15, -0.1) is 24.0 Å². The highest BCUT2D eigenvalue weighted by molar-refractivity contribution is 14.0. The van der Waals surface area contributed by atoms with Crippen LogP contribution < -0.4 is 15.4 Å². The number of rotatable bonds is 7. The van der Waals surface area contributed by atoms with Crippen molar-refractivity contribution in [1.29, 1.82) is 0 Å². The maximum atomic E-state index is 5.18. The molecular weight excluding hydrogens is 453 g/mol. The number of fused-ring (bicyclic) bond motifs is 1. The van der Waals surface area contributed by atoms with Crippen LogP contribution in [0.1, 0.15) is 18.2 Å². The minimum absolute atomic E-state index is 0. The van der Waals surface area contributed by atoms with E-state index < -0.39 is 0 Å². The predicted molar refractivity (Wildman–Crippen MR) is 120 cm³/mol. The number of ether oxygens (including phenoxy) is 1. The number of halogens is 1. The fraction of sp³-hybridized carbons (Fsp3) is 0.300. The molecule has 144 valence electrons. The minimum Gasteiger partial charge on any atom is -0.497 e. The van der Waals surface area contributed by atoms with Crippen LogP contribution >= 0.6 is 24.0 Å². The van der Waals surface area contributed by atoms with Crippen molar-refractivity contribution < 1.29 is 4.74 Å². The summed E-state index contributed by atoms with van der Waals surface area (Å²) >= 11 is 0. The summed E-state index contributed by atoms with van der Waals surface area (Å²) in [7, 11) is 1.67. The molecule has 0 bridgehead atoms. The van der Waals surface area contributed by atoms with E-state index in [2.05, 4.69) is 33.7 Å². The maximum Gasteiger partial charge on any atom is 0.191 e. The van der Waals surface area contributed by atoms with Crippen LogP contribution in [0.15, 0.2) is 59.9 Å². The van der Waals surface area contributed by atoms with Gasteiger partial charge in [0.15, 0.2) is 5.96 Å². The van der Waals surface area contributed by atoms with Gasteiger partial charge in [-0.25, -0.2) is 9.98 Å². The van der Waals surface area contributed by atoms with Gasteiger partial charge in [0.05, 0.1) is 19.3 Å². The number of nitrogens with zero attached hydrogens (tertiary/aromatic N) is 3. The van der Waals surface area contributed by atoms with Crippen LogP contribution in [0, 0.1) is 0 Å². The quantitative estimate of drug-likeness (QED) is 0.310. The van der Waals surface area contributed by atoms with Crippen LogP contribution in [0.2, 0.25) is 0 Å². The van der Waals surface area contributed by atoms with Gasteiger partial charge in [-0.1, -0.05) is 18.2 Å². The highest BCUT2D eigenvalue weighted by Gasteiger charge is 2.02. The second-order valence-electron chi connectivity index (χ2n) is 5.92. The zero-order chi connectivity index (χ0) is 18.2. The molecular formula is C20H26IN5O. The van der Waals surface area contributed by atoms with Crippen LogP contribution in [-0.4, -0.2) is 35.5 Å². The SMILES string of the molecule is CCNC(=NCc1ccc(OC)cc1)NCCc1cn2ccccc2n1.I. The Morgan fingerprint density at radius 3 is 2.67 bits per heavy atom. The Balaban J connectivity index is 0.00000261. The third-order valence-electron chi connectivity index (χ3n) is 4.01. The van der Waals surface area contributed by atoms with Crippen molar-refractivity contribution in [3.05, 3.63) is 66.1 Å². The van der Waals surface area contributed by atoms with Gasteiger partial charge in [-0.2, -0.15) is 0 Å². The molecule has 2 heterocycles. The molecule has 0 aliphatic carbocycles. The standard InChI is InChI=1S/C20H25N5O.HI/c1-3-21-20(23-14-16-7-9-18(26-2)10-8-16)22-12-11-17-15-25-13-5-4-6-19(25)24-17;/h4-10,13,15H,3,11-12,14H2,1-2H3,(H2,21,22,23);1H. The van der Waals surface area contributed by atoms with E-state index in [1.165, 1.54) is 0 Å². The fourth-order valence-corrected chi connectivity index (χ4v) is 2.66. The minimum atomic E-state index is 0. The lowest BCUT2D eigenvalue weighted by Crippen LogP contribution is -2.38. The van der Waals surface area contributed by atoms with Gasteiger partial charge in [-0.3, -0.25) is 0 Å². The third kappa shape index (κ3) is 6.13. The molecule has 6 nitrogen and oxygen atoms in total. The summed E-state index contributed by atoms with van der Waals surface area (Å²) < 4.78 is 7.22. The lowest BCUT2D eigenvalue weighted by Gasteiger charge is -2.10. The largest absolute Gasteiger partial charge is 0.497 e. The Morgan fingerprint density at radius 2 is 1.96 bits per heavy atom. The van der Waals surface area contributed by atoms with E-state index in [9.17, 15) is 0 Å². The maximum absolute atomic E-state index is 5.18. The highest BCUT2D eigenvalue weighted by atomic mass is 127. The fourth-order valence-electron chi connectivity index (χ4n) is 2.66. The number of guanidine groups is 1. The average Bonchev–Trinajstić information content (AvgIpc) is 3.09. The van der Waals surface area contributed by atoms with Crippen molar-refractivity contribution in [2.24, 2.45) is 4.99 Å². The van der Waals surface area contributed by atoms with E-state index in [0.717, 1.165) is 48.1 Å². The second kappa shape index (κ2) is 10.8. The Bertz CT molecular complexity index is 827. The van der Waals surface area contributed by atoms with Gasteiger partial charge < -0.3 is 19.8 Å². The van der Waals surface area contributed by atoms with Gasteiger partial charge in [0.1, 0.15) is 11.4 Å². The zero-order valence-electron chi connectivity index (χ0n) is 15.7. The summed E-state index contributed by atoms with van der Waals surface area (Å²) in [6, 6.07) is 14.0. The summed E-state index contributed by atoms with van der Waals surface area (Å²) in [5.41, 5.74) is 3.18. The predicted octanol–water partition coefficient (Wildman–Crippen LogP) is 3.26. The number of hydrogen-bond donors (Lipinski definition) is 2. The smallest absolute Gasteiger partial charge is 0.191 e. The molecule has 3 aromatic rings. The first-order chi connectivity index (χ1) is 12.8. The molecule has 0 atom stereocenters. The van der Waals surface area contributed by atoms with Crippen LogP contribution in [0.4, 0.5) is 0 Å². The molecule has 1 aromatic carbocycles. The van der Waals surface area contributed by atoms with Crippen LogP contribution in [0.5, 0.6) is 5.75 Å². The van der Waals surface area contributed by atoms with E-state index in [0.29, 0.717) is 6.54 Å². The van der Waals surface area contributed by atoms with Gasteiger partial charge in [0, 0.05) is 31.9 Å². The number of pyridine rings is 1. The van der Waals surface area contributed by atoms with E-state index in [-0.39, 0.29) is 24.0 Å². The van der Waals surface area contributed by atoms with Crippen molar-refractivity contribution in [3.63, 3.8) is 0 Å². The first-order valence-electron chi connectivity index (χ1n) is 8.86. The van der Waals surface area contributed by atoms with Crippen molar-refractivity contribution >= 4 is 35.6 Å². The summed E-state index contributed by atoms with van der Waals surface area (Å²) in [4.78, 5) is 9.26. The molecule has 0 aliphatic rings. The van der Waals surface area contributed by atoms with E-state index in [4.69, 9.17) is 4.74 Å². The Hall–Kier alpha value is -2.29. The first-order valence-corrected chi connectivity index (χ1v) is 8.86. The number of methoxy groups -OCH3 is 1. The first kappa shape index (κ1) is 21.0. The van der Waals surface area contributed by atoms with Gasteiger partial charge >= 0.3 is 0 Å². The molecule has 2 aromatic heterocycles. The molecule has 0 amide bonds. The summed E-state index contributed by atoms with van der Waals surface area (Å²) in [6.45, 7) is 4.28. The topological polar surface area (TPSA) is 63.0 Å². The molecule has 0 aliphatic heterocycles. The van der Waals surface area contributed by atoms with Crippen LogP contribution in [0.3, 0.4) is 0 Å². The third-order valence-corrected chi connectivity index (χ3v) is 4.01. The van der Waals surface area contributed by atoms with E-state index in [1.54, 1.807) is 7.11 Å². The Morgan fingerprint density at radius 1 is 1.15 bits per heavy atom. The molecule has 0 radical (unpaired) electrons. The summed E-state index contributed by atoms with van der Waals surface area (Å²) in [6.07, 6.45) is 4.92. The van der Waals surface area contributed by atoms with Crippen molar-refractivity contribution in [3.8, 4) is 5.75 Å². The lowest BCUT2D eigenvalue weighted by atomic mass is 10.2. The normalized spacial score (nSPS) is 11.1. The molecule has 0 unspecified atom stereocenters. The van der Waals surface area contributed by atoms with E-state index >= 15 is 0 Å². The van der Waals surface area contributed by atoms with Crippen molar-refractivity contribution in [1.82, 2.24) is 20.0 Å². The van der Waals surface area contributed by atoms with Gasteiger partial charge in [0.2, 0.25) is 0 Å². The number of nitrogens with one attached hydrogen (secondary N) is 2. The number of imidazole rings is 1. The number of aliphatic imine (C=N–C) groups is 1. The summed E-state index contributed by atoms with van der Waals surface area (Å²) in [5.74, 6) is 1.67. The molecule has 0 spiro atoms. The molecule has 2 N–H and O–H groups in total. The van der Waals surface area contributed by atoms with Gasteiger partial charge in [-0.05, 0) is 36.8 Å². The average molecular weight is 479 g/mol. The van der Waals surface area contributed by atoms with Crippen LogP contribution in [-0.2, 0) is 13.0 Å². The van der Waals surface area contributed by atoms with Crippen LogP contribution in [0.25, 0.3) is 5.65 Å². The van der Waals surface area contributed by atoms with Crippen molar-refractivity contribution in [2.75, 3.05) is 20.2 Å². The van der Waals surface area contributed by atoms with E-state index in [1.807, 2.05) is 53.1 Å². The number of hydrogen-bond acceptors (Lipinski definition) is 3. The number of benzene rings is 1. The molecule has 0 fully saturated rings. The zero-order valence-corrected chi connectivity index (χ0v) is 18.0. The molecule has 7 heteroatoms. The van der Waals surface area contributed by atoms with Gasteiger partial charge in [0.25, 0.3) is 0 Å². The molecule has 27 heavy (non-hydrogen) atoms. The summed E-state index contributed by atoms with van der Waals surface area (Å²) in [5, 5.41) is 6.65. The monoisotopic (exact) mass is 479 g/mol. The van der Waals surface area contributed by atoms with Crippen molar-refractivity contribution in [2.45, 2.75) is 19.9 Å². The molecule has 0 saturated carbocycles. The second-order valence-corrected chi connectivity index (χ2v) is 5.92. The number of aromatic nitrogens is 2. The lowest BCUT2D eigenvalue weighted by molar-refractivity contribution is 0.414.